The van der Waals surface area contributed by atoms with E-state index >= 15 is 0 Å². The standard InChI is InChI=1S/C13H11NO2/c15-13(16)10-6-8-12(9-7-10)14-11-4-2-1-3-5-11/h1-8H,9H2,(H,15,16). The van der Waals surface area contributed by atoms with Crippen LogP contribution in [-0.4, -0.2) is 16.8 Å². The van der Waals surface area contributed by atoms with Crippen LogP contribution < -0.4 is 0 Å². The summed E-state index contributed by atoms with van der Waals surface area (Å²) in [5.74, 6) is -0.894. The molecule has 3 heteroatoms. The van der Waals surface area contributed by atoms with E-state index in [0.717, 1.165) is 11.4 Å². The zero-order valence-electron chi connectivity index (χ0n) is 8.63. The second-order valence-electron chi connectivity index (χ2n) is 3.44. The van der Waals surface area contributed by atoms with Crippen LogP contribution in [0.15, 0.2) is 59.1 Å². The lowest BCUT2D eigenvalue weighted by Gasteiger charge is -2.04. The van der Waals surface area contributed by atoms with Crippen LogP contribution in [0.5, 0.6) is 0 Å². The van der Waals surface area contributed by atoms with Crippen molar-refractivity contribution in [3.63, 3.8) is 0 Å². The quantitative estimate of drug-likeness (QED) is 0.821. The number of allylic oxidation sites excluding steroid dienone is 2. The molecule has 0 unspecified atom stereocenters. The molecular weight excluding hydrogens is 202 g/mol. The van der Waals surface area contributed by atoms with E-state index in [0.29, 0.717) is 12.0 Å². The number of nitrogens with zero attached hydrogens (tertiary/aromatic N) is 1. The minimum absolute atomic E-state index is 0.326. The van der Waals surface area contributed by atoms with E-state index in [1.54, 1.807) is 18.2 Å². The van der Waals surface area contributed by atoms with Crippen LogP contribution in [0.1, 0.15) is 6.42 Å². The molecule has 1 aliphatic rings. The Kier molecular flexibility index (Phi) is 2.96. The lowest BCUT2D eigenvalue weighted by Crippen LogP contribution is -2.04. The molecule has 0 aliphatic heterocycles. The third-order valence-corrected chi connectivity index (χ3v) is 2.26. The lowest BCUT2D eigenvalue weighted by atomic mass is 10.1. The normalized spacial score (nSPS) is 17.2. The van der Waals surface area contributed by atoms with Crippen molar-refractivity contribution >= 4 is 17.4 Å². The molecule has 0 radical (unpaired) electrons. The number of carbonyl (C=O) groups is 1. The van der Waals surface area contributed by atoms with E-state index in [2.05, 4.69) is 4.99 Å². The first-order valence-corrected chi connectivity index (χ1v) is 5.00. The third-order valence-electron chi connectivity index (χ3n) is 2.26. The summed E-state index contributed by atoms with van der Waals surface area (Å²) in [6.07, 6.45) is 5.56. The van der Waals surface area contributed by atoms with Gasteiger partial charge in [0.2, 0.25) is 0 Å². The van der Waals surface area contributed by atoms with Crippen molar-refractivity contribution in [2.24, 2.45) is 4.99 Å². The predicted octanol–water partition coefficient (Wildman–Crippen LogP) is 2.73. The Morgan fingerprint density at radius 3 is 2.50 bits per heavy atom. The highest BCUT2D eigenvalue weighted by Gasteiger charge is 2.08. The molecule has 2 rings (SSSR count). The fourth-order valence-corrected chi connectivity index (χ4v) is 1.45. The highest BCUT2D eigenvalue weighted by atomic mass is 16.4. The van der Waals surface area contributed by atoms with E-state index in [9.17, 15) is 4.79 Å². The van der Waals surface area contributed by atoms with Crippen molar-refractivity contribution in [3.05, 3.63) is 54.1 Å². The van der Waals surface area contributed by atoms with Gasteiger partial charge in [-0.1, -0.05) is 24.3 Å². The Bertz CT molecular complexity index is 484. The number of carboxylic acid groups (broad SMARTS) is 1. The Hall–Kier alpha value is -2.16. The second kappa shape index (κ2) is 4.57. The highest BCUT2D eigenvalue weighted by molar-refractivity contribution is 6.03. The van der Waals surface area contributed by atoms with Crippen molar-refractivity contribution in [1.82, 2.24) is 0 Å². The summed E-state index contributed by atoms with van der Waals surface area (Å²) in [6.45, 7) is 0. The largest absolute Gasteiger partial charge is 0.478 e. The number of rotatable bonds is 2. The number of hydrogen-bond donors (Lipinski definition) is 1. The van der Waals surface area contributed by atoms with Crippen LogP contribution in [0.25, 0.3) is 0 Å². The van der Waals surface area contributed by atoms with Gasteiger partial charge >= 0.3 is 5.97 Å². The molecule has 0 saturated carbocycles. The molecule has 1 aromatic carbocycles. The van der Waals surface area contributed by atoms with Crippen LogP contribution in [0.2, 0.25) is 0 Å². The van der Waals surface area contributed by atoms with Crippen molar-refractivity contribution in [1.29, 1.82) is 0 Å². The maximum absolute atomic E-state index is 10.7. The van der Waals surface area contributed by atoms with Gasteiger partial charge in [-0.15, -0.1) is 0 Å². The van der Waals surface area contributed by atoms with Crippen molar-refractivity contribution in [3.8, 4) is 0 Å². The van der Waals surface area contributed by atoms with Crippen molar-refractivity contribution < 1.29 is 9.90 Å². The summed E-state index contributed by atoms with van der Waals surface area (Å²) in [5.41, 5.74) is 2.08. The molecule has 0 amide bonds. The number of aliphatic carboxylic acids is 1. The average Bonchev–Trinajstić information content (AvgIpc) is 2.31. The van der Waals surface area contributed by atoms with Crippen LogP contribution in [-0.2, 0) is 4.79 Å². The molecule has 0 fully saturated rings. The van der Waals surface area contributed by atoms with E-state index in [4.69, 9.17) is 5.11 Å². The molecule has 0 aromatic heterocycles. The number of benzene rings is 1. The van der Waals surface area contributed by atoms with Gasteiger partial charge in [0.05, 0.1) is 11.3 Å². The van der Waals surface area contributed by atoms with Gasteiger partial charge in [-0.25, -0.2) is 4.79 Å². The number of carboxylic acids is 1. The molecule has 80 valence electrons. The van der Waals surface area contributed by atoms with Gasteiger partial charge in [-0.05, 0) is 24.3 Å². The molecule has 0 saturated heterocycles. The molecule has 0 heterocycles. The zero-order chi connectivity index (χ0) is 11.4. The van der Waals surface area contributed by atoms with Gasteiger partial charge in [0.1, 0.15) is 0 Å². The summed E-state index contributed by atoms with van der Waals surface area (Å²) in [6, 6.07) is 9.60. The molecule has 16 heavy (non-hydrogen) atoms. The molecule has 0 bridgehead atoms. The fraction of sp³-hybridized carbons (Fsp3) is 0.0769. The minimum Gasteiger partial charge on any atom is -0.478 e. The lowest BCUT2D eigenvalue weighted by molar-refractivity contribution is -0.132. The molecule has 1 aromatic rings. The Morgan fingerprint density at radius 1 is 1.19 bits per heavy atom. The Morgan fingerprint density at radius 2 is 1.94 bits per heavy atom. The summed E-state index contributed by atoms with van der Waals surface area (Å²) in [5, 5.41) is 8.75. The van der Waals surface area contributed by atoms with Crippen LogP contribution in [0, 0.1) is 0 Å². The summed E-state index contributed by atoms with van der Waals surface area (Å²) >= 11 is 0. The van der Waals surface area contributed by atoms with E-state index in [-0.39, 0.29) is 0 Å². The van der Waals surface area contributed by atoms with Gasteiger partial charge in [-0.2, -0.15) is 0 Å². The average molecular weight is 213 g/mol. The summed E-state index contributed by atoms with van der Waals surface area (Å²) in [4.78, 5) is 15.1. The smallest absolute Gasteiger partial charge is 0.335 e. The van der Waals surface area contributed by atoms with Crippen LogP contribution in [0.3, 0.4) is 0 Å². The minimum atomic E-state index is -0.894. The van der Waals surface area contributed by atoms with Crippen LogP contribution in [0.4, 0.5) is 5.69 Å². The number of hydrogen-bond acceptors (Lipinski definition) is 2. The monoisotopic (exact) mass is 213 g/mol. The van der Waals surface area contributed by atoms with Gasteiger partial charge in [-0.3, -0.25) is 4.99 Å². The summed E-state index contributed by atoms with van der Waals surface area (Å²) in [7, 11) is 0. The van der Waals surface area contributed by atoms with E-state index < -0.39 is 5.97 Å². The number of para-hydroxylation sites is 1. The SMILES string of the molecule is O=C(O)C1=CCC(=Nc2ccccc2)C=C1. The van der Waals surface area contributed by atoms with Crippen molar-refractivity contribution in [2.75, 3.05) is 0 Å². The Balaban J connectivity index is 2.14. The van der Waals surface area contributed by atoms with Crippen molar-refractivity contribution in [2.45, 2.75) is 6.42 Å². The van der Waals surface area contributed by atoms with Gasteiger partial charge in [0.15, 0.2) is 0 Å². The first-order chi connectivity index (χ1) is 7.75. The molecule has 1 aliphatic carbocycles. The van der Waals surface area contributed by atoms with Crippen LogP contribution >= 0.6 is 0 Å². The van der Waals surface area contributed by atoms with Gasteiger partial charge < -0.3 is 5.11 Å². The molecule has 0 spiro atoms. The van der Waals surface area contributed by atoms with E-state index in [1.165, 1.54) is 0 Å². The molecule has 3 nitrogen and oxygen atoms in total. The zero-order valence-corrected chi connectivity index (χ0v) is 8.63. The Labute approximate surface area is 93.5 Å². The molecular formula is C13H11NO2. The molecule has 0 atom stereocenters. The maximum Gasteiger partial charge on any atom is 0.335 e. The fourth-order valence-electron chi connectivity index (χ4n) is 1.45. The van der Waals surface area contributed by atoms with E-state index in [1.807, 2.05) is 30.3 Å². The first-order valence-electron chi connectivity index (χ1n) is 5.00. The summed E-state index contributed by atoms with van der Waals surface area (Å²) < 4.78 is 0. The third kappa shape index (κ3) is 2.45. The second-order valence-corrected chi connectivity index (χ2v) is 3.44. The topological polar surface area (TPSA) is 49.7 Å². The van der Waals surface area contributed by atoms with Gasteiger partial charge in [0, 0.05) is 12.1 Å². The predicted molar refractivity (Wildman–Crippen MR) is 63.0 cm³/mol. The molecule has 1 N–H and O–H groups in total. The maximum atomic E-state index is 10.7. The number of aliphatic imine (C=N–C) groups is 1. The van der Waals surface area contributed by atoms with Gasteiger partial charge in [0.25, 0.3) is 0 Å². The first kappa shape index (κ1) is 10.4. The highest BCUT2D eigenvalue weighted by Crippen LogP contribution is 2.15.